The molecule has 140 valence electrons. The molecule has 0 bridgehead atoms. The number of rotatable bonds is 6. The van der Waals surface area contributed by atoms with Crippen molar-refractivity contribution in [3.8, 4) is 5.75 Å². The largest absolute Gasteiger partial charge is 0.489 e. The maximum absolute atomic E-state index is 6.10. The monoisotopic (exact) mass is 431 g/mol. The number of nitrogens with one attached hydrogen (secondary N) is 1. The van der Waals surface area contributed by atoms with E-state index < -0.39 is 0 Å². The molecule has 0 amide bonds. The van der Waals surface area contributed by atoms with Gasteiger partial charge in [-0.05, 0) is 64.7 Å². The molecule has 28 heavy (non-hydrogen) atoms. The van der Waals surface area contributed by atoms with Crippen LogP contribution in [-0.2, 0) is 13.2 Å². The SMILES string of the molecule is Cc1cc(Br)ccc1NCc1cccc(OCc2cccc3ccccc23)c1. The molecule has 0 saturated carbocycles. The van der Waals surface area contributed by atoms with Gasteiger partial charge < -0.3 is 10.1 Å². The molecule has 1 N–H and O–H groups in total. The first kappa shape index (κ1) is 18.6. The van der Waals surface area contributed by atoms with Crippen LogP contribution in [0.15, 0.2) is 89.4 Å². The third-order valence-corrected chi connectivity index (χ3v) is 5.34. The van der Waals surface area contributed by atoms with Crippen LogP contribution in [0, 0.1) is 6.92 Å². The van der Waals surface area contributed by atoms with Crippen molar-refractivity contribution in [2.75, 3.05) is 5.32 Å². The highest BCUT2D eigenvalue weighted by Crippen LogP contribution is 2.23. The first-order chi connectivity index (χ1) is 13.7. The molecule has 4 rings (SSSR count). The van der Waals surface area contributed by atoms with Crippen LogP contribution in [0.25, 0.3) is 10.8 Å². The Bertz CT molecular complexity index is 1100. The molecule has 0 saturated heterocycles. The van der Waals surface area contributed by atoms with Crippen LogP contribution in [0.4, 0.5) is 5.69 Å². The lowest BCUT2D eigenvalue weighted by atomic mass is 10.1. The van der Waals surface area contributed by atoms with Gasteiger partial charge in [0.1, 0.15) is 12.4 Å². The van der Waals surface area contributed by atoms with Gasteiger partial charge in [0.2, 0.25) is 0 Å². The molecule has 0 radical (unpaired) electrons. The first-order valence-electron chi connectivity index (χ1n) is 9.37. The van der Waals surface area contributed by atoms with Crippen molar-refractivity contribution in [1.82, 2.24) is 0 Å². The Balaban J connectivity index is 1.43. The van der Waals surface area contributed by atoms with Gasteiger partial charge in [0, 0.05) is 16.7 Å². The number of fused-ring (bicyclic) bond motifs is 1. The van der Waals surface area contributed by atoms with Crippen LogP contribution in [0.2, 0.25) is 0 Å². The Labute approximate surface area is 174 Å². The highest BCUT2D eigenvalue weighted by Gasteiger charge is 2.04. The summed E-state index contributed by atoms with van der Waals surface area (Å²) in [5.74, 6) is 0.889. The summed E-state index contributed by atoms with van der Waals surface area (Å²) < 4.78 is 7.19. The van der Waals surface area contributed by atoms with E-state index in [1.54, 1.807) is 0 Å². The summed E-state index contributed by atoms with van der Waals surface area (Å²) in [6.07, 6.45) is 0. The average molecular weight is 432 g/mol. The second kappa shape index (κ2) is 8.49. The fraction of sp³-hybridized carbons (Fsp3) is 0.120. The van der Waals surface area contributed by atoms with E-state index in [4.69, 9.17) is 4.74 Å². The Morgan fingerprint density at radius 3 is 2.57 bits per heavy atom. The van der Waals surface area contributed by atoms with E-state index in [-0.39, 0.29) is 0 Å². The molecule has 3 heteroatoms. The van der Waals surface area contributed by atoms with E-state index in [2.05, 4.69) is 101 Å². The molecule has 4 aromatic carbocycles. The molecule has 0 fully saturated rings. The molecular formula is C25H22BrNO. The minimum absolute atomic E-state index is 0.560. The molecule has 4 aromatic rings. The maximum Gasteiger partial charge on any atom is 0.120 e. The van der Waals surface area contributed by atoms with Crippen molar-refractivity contribution in [1.29, 1.82) is 0 Å². The molecule has 2 nitrogen and oxygen atoms in total. The minimum Gasteiger partial charge on any atom is -0.489 e. The predicted octanol–water partition coefficient (Wildman–Crippen LogP) is 7.10. The molecule has 0 aliphatic carbocycles. The van der Waals surface area contributed by atoms with Gasteiger partial charge in [0.15, 0.2) is 0 Å². The van der Waals surface area contributed by atoms with Crippen LogP contribution in [-0.4, -0.2) is 0 Å². The smallest absolute Gasteiger partial charge is 0.120 e. The second-order valence-electron chi connectivity index (χ2n) is 6.89. The molecule has 0 aliphatic heterocycles. The third kappa shape index (κ3) is 4.37. The number of anilines is 1. The molecule has 0 aliphatic rings. The summed E-state index contributed by atoms with van der Waals surface area (Å²) in [6, 6.07) is 29.3. The third-order valence-electron chi connectivity index (χ3n) is 4.84. The Kier molecular flexibility index (Phi) is 5.63. The first-order valence-corrected chi connectivity index (χ1v) is 10.2. The van der Waals surface area contributed by atoms with Gasteiger partial charge in [-0.15, -0.1) is 0 Å². The standard InChI is InChI=1S/C25H22BrNO/c1-18-14-22(26)12-13-25(18)27-16-19-6-4-10-23(15-19)28-17-21-9-5-8-20-7-2-3-11-24(20)21/h2-15,27H,16-17H2,1H3. The van der Waals surface area contributed by atoms with E-state index in [1.165, 1.54) is 27.5 Å². The maximum atomic E-state index is 6.10. The van der Waals surface area contributed by atoms with Crippen molar-refractivity contribution in [2.24, 2.45) is 0 Å². The minimum atomic E-state index is 0.560. The molecule has 0 aromatic heterocycles. The zero-order valence-electron chi connectivity index (χ0n) is 15.8. The fourth-order valence-electron chi connectivity index (χ4n) is 3.35. The van der Waals surface area contributed by atoms with Crippen molar-refractivity contribution >= 4 is 32.4 Å². The van der Waals surface area contributed by atoms with Gasteiger partial charge in [-0.1, -0.05) is 70.5 Å². The summed E-state index contributed by atoms with van der Waals surface area (Å²) in [4.78, 5) is 0. The van der Waals surface area contributed by atoms with Gasteiger partial charge in [0.05, 0.1) is 0 Å². The van der Waals surface area contributed by atoms with Gasteiger partial charge in [-0.2, -0.15) is 0 Å². The Hall–Kier alpha value is -2.78. The number of aryl methyl sites for hydroxylation is 1. The van der Waals surface area contributed by atoms with Crippen LogP contribution < -0.4 is 10.1 Å². The van der Waals surface area contributed by atoms with Crippen LogP contribution in [0.5, 0.6) is 5.75 Å². The fourth-order valence-corrected chi connectivity index (χ4v) is 3.82. The number of halogens is 1. The quantitative estimate of drug-likeness (QED) is 0.351. The Morgan fingerprint density at radius 1 is 0.857 bits per heavy atom. The Morgan fingerprint density at radius 2 is 1.68 bits per heavy atom. The number of hydrogen-bond donors (Lipinski definition) is 1. The molecule has 0 spiro atoms. The van der Waals surface area contributed by atoms with E-state index in [0.29, 0.717) is 6.61 Å². The number of hydrogen-bond acceptors (Lipinski definition) is 2. The summed E-state index contributed by atoms with van der Waals surface area (Å²) in [6.45, 7) is 3.43. The van der Waals surface area contributed by atoms with Crippen molar-refractivity contribution in [3.63, 3.8) is 0 Å². The predicted molar refractivity (Wildman–Crippen MR) is 121 cm³/mol. The zero-order valence-corrected chi connectivity index (χ0v) is 17.4. The summed E-state index contributed by atoms with van der Waals surface area (Å²) >= 11 is 3.51. The van der Waals surface area contributed by atoms with Crippen LogP contribution in [0.3, 0.4) is 0 Å². The zero-order chi connectivity index (χ0) is 19.3. The lowest BCUT2D eigenvalue weighted by molar-refractivity contribution is 0.307. The number of benzene rings is 4. The molecule has 0 atom stereocenters. The van der Waals surface area contributed by atoms with Crippen molar-refractivity contribution in [3.05, 3.63) is 106 Å². The lowest BCUT2D eigenvalue weighted by Gasteiger charge is -2.12. The highest BCUT2D eigenvalue weighted by molar-refractivity contribution is 9.10. The van der Waals surface area contributed by atoms with E-state index in [1.807, 2.05) is 12.1 Å². The number of ether oxygens (including phenoxy) is 1. The van der Waals surface area contributed by atoms with Crippen molar-refractivity contribution in [2.45, 2.75) is 20.1 Å². The van der Waals surface area contributed by atoms with E-state index >= 15 is 0 Å². The van der Waals surface area contributed by atoms with Crippen molar-refractivity contribution < 1.29 is 4.74 Å². The summed E-state index contributed by atoms with van der Waals surface area (Å²) in [5, 5.41) is 5.99. The molecule has 0 unspecified atom stereocenters. The van der Waals surface area contributed by atoms with E-state index in [9.17, 15) is 0 Å². The van der Waals surface area contributed by atoms with Gasteiger partial charge in [-0.3, -0.25) is 0 Å². The second-order valence-corrected chi connectivity index (χ2v) is 7.80. The average Bonchev–Trinajstić information content (AvgIpc) is 2.72. The normalized spacial score (nSPS) is 10.8. The van der Waals surface area contributed by atoms with Gasteiger partial charge >= 0.3 is 0 Å². The summed E-state index contributed by atoms with van der Waals surface area (Å²) in [5.41, 5.74) is 4.76. The van der Waals surface area contributed by atoms with Gasteiger partial charge in [-0.25, -0.2) is 0 Å². The van der Waals surface area contributed by atoms with Crippen LogP contribution in [0.1, 0.15) is 16.7 Å². The van der Waals surface area contributed by atoms with Crippen LogP contribution >= 0.6 is 15.9 Å². The summed E-state index contributed by atoms with van der Waals surface area (Å²) in [7, 11) is 0. The highest BCUT2D eigenvalue weighted by atomic mass is 79.9. The molecule has 0 heterocycles. The lowest BCUT2D eigenvalue weighted by Crippen LogP contribution is -2.02. The molecular weight excluding hydrogens is 410 g/mol. The van der Waals surface area contributed by atoms with E-state index in [0.717, 1.165) is 22.5 Å². The van der Waals surface area contributed by atoms with Gasteiger partial charge in [0.25, 0.3) is 0 Å². The topological polar surface area (TPSA) is 21.3 Å².